The molecule has 0 spiro atoms. The number of thioether (sulfide) groups is 1. The van der Waals surface area contributed by atoms with Crippen LogP contribution in [0.2, 0.25) is 5.02 Å². The van der Waals surface area contributed by atoms with Crippen molar-refractivity contribution >= 4 is 51.0 Å². The van der Waals surface area contributed by atoms with Gasteiger partial charge in [0.1, 0.15) is 24.0 Å². The highest BCUT2D eigenvalue weighted by Gasteiger charge is 2.15. The van der Waals surface area contributed by atoms with Crippen LogP contribution in [-0.2, 0) is 17.9 Å². The quantitative estimate of drug-likeness (QED) is 0.330. The van der Waals surface area contributed by atoms with Crippen molar-refractivity contribution in [2.45, 2.75) is 18.3 Å². The summed E-state index contributed by atoms with van der Waals surface area (Å²) in [5, 5.41) is 11.7. The number of amides is 1. The van der Waals surface area contributed by atoms with Crippen molar-refractivity contribution in [2.24, 2.45) is 0 Å². The summed E-state index contributed by atoms with van der Waals surface area (Å²) in [6.07, 6.45) is 3.29. The number of anilines is 1. The molecule has 0 unspecified atom stereocenters. The Labute approximate surface area is 189 Å². The fourth-order valence-corrected chi connectivity index (χ4v) is 3.56. The van der Waals surface area contributed by atoms with E-state index in [0.717, 1.165) is 4.47 Å². The number of nitrogens with one attached hydrogen (secondary N) is 1. The Kier molecular flexibility index (Phi) is 7.83. The number of hydrogen-bond acceptors (Lipinski definition) is 6. The minimum atomic E-state index is -0.447. The molecule has 156 valence electrons. The predicted molar refractivity (Wildman–Crippen MR) is 117 cm³/mol. The Balaban J connectivity index is 1.62. The van der Waals surface area contributed by atoms with Gasteiger partial charge in [0.25, 0.3) is 0 Å². The van der Waals surface area contributed by atoms with Crippen molar-refractivity contribution in [1.82, 2.24) is 19.7 Å². The second-order valence-electron chi connectivity index (χ2n) is 5.86. The van der Waals surface area contributed by atoms with Crippen molar-refractivity contribution in [3.63, 3.8) is 0 Å². The number of allylic oxidation sites excluding steroid dienone is 1. The van der Waals surface area contributed by atoms with Crippen LogP contribution in [-0.4, -0.2) is 31.4 Å². The molecule has 0 bridgehead atoms. The van der Waals surface area contributed by atoms with E-state index >= 15 is 0 Å². The van der Waals surface area contributed by atoms with Gasteiger partial charge in [-0.2, -0.15) is 0 Å². The number of rotatable bonds is 9. The van der Waals surface area contributed by atoms with Gasteiger partial charge in [0.2, 0.25) is 5.91 Å². The summed E-state index contributed by atoms with van der Waals surface area (Å²) in [6.45, 7) is 4.24. The van der Waals surface area contributed by atoms with Gasteiger partial charge in [-0.1, -0.05) is 29.4 Å². The molecule has 0 atom stereocenters. The number of ether oxygens (including phenoxy) is 1. The molecule has 3 rings (SSSR count). The van der Waals surface area contributed by atoms with E-state index in [-0.39, 0.29) is 23.3 Å². The zero-order valence-electron chi connectivity index (χ0n) is 15.5. The number of pyridine rings is 1. The van der Waals surface area contributed by atoms with Crippen LogP contribution in [0.3, 0.4) is 0 Å². The molecule has 0 aliphatic rings. The number of aromatic nitrogens is 4. The molecular weight excluding hydrogens is 497 g/mol. The molecule has 30 heavy (non-hydrogen) atoms. The van der Waals surface area contributed by atoms with Crippen LogP contribution in [0.25, 0.3) is 0 Å². The fraction of sp³-hybridized carbons (Fsp3) is 0.158. The molecular formula is C19H16BrClFN5O2S. The fourth-order valence-electron chi connectivity index (χ4n) is 2.34. The van der Waals surface area contributed by atoms with Crippen molar-refractivity contribution in [2.75, 3.05) is 11.1 Å². The molecule has 0 radical (unpaired) electrons. The SMILES string of the molecule is C=CCn1c(COc2ccc(F)cc2Cl)nnc1SCC(=O)Nc1ccc(Br)cn1. The summed E-state index contributed by atoms with van der Waals surface area (Å²) in [4.78, 5) is 16.3. The number of halogens is 3. The lowest BCUT2D eigenvalue weighted by Crippen LogP contribution is -2.15. The van der Waals surface area contributed by atoms with Crippen molar-refractivity contribution in [3.05, 3.63) is 70.3 Å². The number of nitrogens with zero attached hydrogens (tertiary/aromatic N) is 4. The van der Waals surface area contributed by atoms with Crippen LogP contribution in [0.4, 0.5) is 10.2 Å². The summed E-state index contributed by atoms with van der Waals surface area (Å²) in [5.41, 5.74) is 0. The third-order valence-corrected chi connectivity index (χ3v) is 5.41. The van der Waals surface area contributed by atoms with Gasteiger partial charge in [-0.05, 0) is 46.3 Å². The van der Waals surface area contributed by atoms with E-state index in [1.54, 1.807) is 29.0 Å². The van der Waals surface area contributed by atoms with E-state index in [0.29, 0.717) is 29.1 Å². The standard InChI is InChI=1S/C19H16BrClFN5O2S/c1-2-7-27-17(10-29-15-5-4-13(22)8-14(15)21)25-26-19(27)30-11-18(28)24-16-6-3-12(20)9-23-16/h2-6,8-9H,1,7,10-11H2,(H,23,24,28). The maximum absolute atomic E-state index is 13.2. The normalized spacial score (nSPS) is 10.6. The van der Waals surface area contributed by atoms with Crippen LogP contribution in [0.15, 0.2) is 58.8 Å². The monoisotopic (exact) mass is 511 g/mol. The Bertz CT molecular complexity index is 1050. The predicted octanol–water partition coefficient (Wildman–Crippen LogP) is 4.72. The van der Waals surface area contributed by atoms with Gasteiger partial charge in [0.15, 0.2) is 11.0 Å². The smallest absolute Gasteiger partial charge is 0.236 e. The van der Waals surface area contributed by atoms with Crippen LogP contribution in [0.5, 0.6) is 5.75 Å². The van der Waals surface area contributed by atoms with Gasteiger partial charge < -0.3 is 10.1 Å². The number of carbonyl (C=O) groups excluding carboxylic acids is 1. The van der Waals surface area contributed by atoms with E-state index in [1.165, 1.54) is 30.0 Å². The molecule has 2 aromatic heterocycles. The summed E-state index contributed by atoms with van der Waals surface area (Å²) >= 11 is 10.5. The molecule has 11 heteroatoms. The second kappa shape index (κ2) is 10.6. The van der Waals surface area contributed by atoms with E-state index < -0.39 is 5.82 Å². The Morgan fingerprint density at radius 3 is 2.90 bits per heavy atom. The summed E-state index contributed by atoms with van der Waals surface area (Å²) < 4.78 is 21.4. The number of hydrogen-bond donors (Lipinski definition) is 1. The van der Waals surface area contributed by atoms with Crippen molar-refractivity contribution in [1.29, 1.82) is 0 Å². The molecule has 2 heterocycles. The van der Waals surface area contributed by atoms with Crippen LogP contribution < -0.4 is 10.1 Å². The zero-order valence-corrected chi connectivity index (χ0v) is 18.7. The molecule has 1 aromatic carbocycles. The maximum Gasteiger partial charge on any atom is 0.236 e. The van der Waals surface area contributed by atoms with Crippen LogP contribution in [0.1, 0.15) is 5.82 Å². The minimum absolute atomic E-state index is 0.0712. The molecule has 3 aromatic rings. The molecule has 0 aliphatic heterocycles. The van der Waals surface area contributed by atoms with Gasteiger partial charge >= 0.3 is 0 Å². The Morgan fingerprint density at radius 2 is 2.20 bits per heavy atom. The van der Waals surface area contributed by atoms with Gasteiger partial charge in [0.05, 0.1) is 10.8 Å². The van der Waals surface area contributed by atoms with E-state index in [4.69, 9.17) is 16.3 Å². The van der Waals surface area contributed by atoms with Crippen molar-refractivity contribution < 1.29 is 13.9 Å². The second-order valence-corrected chi connectivity index (χ2v) is 8.13. The first kappa shape index (κ1) is 22.3. The largest absolute Gasteiger partial charge is 0.484 e. The average Bonchev–Trinajstić information content (AvgIpc) is 3.09. The zero-order chi connectivity index (χ0) is 21.5. The van der Waals surface area contributed by atoms with E-state index in [9.17, 15) is 9.18 Å². The van der Waals surface area contributed by atoms with Gasteiger partial charge in [0, 0.05) is 17.2 Å². The van der Waals surface area contributed by atoms with Gasteiger partial charge in [-0.15, -0.1) is 16.8 Å². The molecule has 1 N–H and O–H groups in total. The lowest BCUT2D eigenvalue weighted by Gasteiger charge is -2.10. The summed E-state index contributed by atoms with van der Waals surface area (Å²) in [5.74, 6) is 0.769. The third kappa shape index (κ3) is 6.04. The molecule has 0 aliphatic carbocycles. The Morgan fingerprint density at radius 1 is 1.37 bits per heavy atom. The number of benzene rings is 1. The summed E-state index contributed by atoms with van der Waals surface area (Å²) in [6, 6.07) is 7.36. The number of carbonyl (C=O) groups is 1. The molecule has 7 nitrogen and oxygen atoms in total. The van der Waals surface area contributed by atoms with E-state index in [2.05, 4.69) is 43.0 Å². The van der Waals surface area contributed by atoms with Crippen molar-refractivity contribution in [3.8, 4) is 5.75 Å². The molecule has 1 amide bonds. The first-order chi connectivity index (χ1) is 14.5. The maximum atomic E-state index is 13.2. The minimum Gasteiger partial charge on any atom is -0.484 e. The topological polar surface area (TPSA) is 81.9 Å². The first-order valence-corrected chi connectivity index (χ1v) is 10.8. The first-order valence-electron chi connectivity index (χ1n) is 8.61. The van der Waals surface area contributed by atoms with E-state index in [1.807, 2.05) is 0 Å². The van der Waals surface area contributed by atoms with Crippen LogP contribution in [0, 0.1) is 5.82 Å². The molecule has 0 saturated heterocycles. The third-order valence-electron chi connectivity index (χ3n) is 3.68. The lowest BCUT2D eigenvalue weighted by molar-refractivity contribution is -0.113. The molecule has 0 fully saturated rings. The van der Waals surface area contributed by atoms with Gasteiger partial charge in [-0.3, -0.25) is 9.36 Å². The summed E-state index contributed by atoms with van der Waals surface area (Å²) in [7, 11) is 0. The highest BCUT2D eigenvalue weighted by Crippen LogP contribution is 2.26. The lowest BCUT2D eigenvalue weighted by atomic mass is 10.3. The highest BCUT2D eigenvalue weighted by atomic mass is 79.9. The van der Waals surface area contributed by atoms with Crippen LogP contribution >= 0.6 is 39.3 Å². The molecule has 0 saturated carbocycles. The highest BCUT2D eigenvalue weighted by molar-refractivity contribution is 9.10. The van der Waals surface area contributed by atoms with Gasteiger partial charge in [-0.25, -0.2) is 9.37 Å². The Hall–Kier alpha value is -2.43. The average molecular weight is 513 g/mol.